The van der Waals surface area contributed by atoms with Gasteiger partial charge < -0.3 is 5.73 Å². The number of anilines is 1. The first-order valence-corrected chi connectivity index (χ1v) is 7.98. The minimum absolute atomic E-state index is 0.662. The van der Waals surface area contributed by atoms with Crippen molar-refractivity contribution >= 4 is 44.6 Å². The summed E-state index contributed by atoms with van der Waals surface area (Å²) in [5.41, 5.74) is 9.60. The van der Waals surface area contributed by atoms with Crippen LogP contribution in [0, 0.1) is 0 Å². The molecular weight excluding hydrogens is 358 g/mol. The first-order valence-electron chi connectivity index (χ1n) is 5.93. The molecule has 6 heteroatoms. The number of rotatable bonds is 3. The number of aromatic nitrogens is 2. The van der Waals surface area contributed by atoms with Crippen molar-refractivity contribution in [2.75, 3.05) is 5.73 Å². The Morgan fingerprint density at radius 3 is 2.90 bits per heavy atom. The molecule has 0 spiro atoms. The zero-order valence-electron chi connectivity index (χ0n) is 10.4. The van der Waals surface area contributed by atoms with Crippen LogP contribution >= 0.6 is 38.9 Å². The highest BCUT2D eigenvalue weighted by atomic mass is 79.9. The zero-order chi connectivity index (χ0) is 14.1. The molecule has 1 aromatic carbocycles. The molecule has 3 aromatic rings. The number of nitrogens with zero attached hydrogens (tertiary/aromatic N) is 2. The van der Waals surface area contributed by atoms with Gasteiger partial charge in [-0.05, 0) is 23.8 Å². The van der Waals surface area contributed by atoms with Gasteiger partial charge in [-0.25, -0.2) is 0 Å². The molecule has 3 nitrogen and oxygen atoms in total. The molecule has 0 radical (unpaired) electrons. The van der Waals surface area contributed by atoms with Gasteiger partial charge in [-0.2, -0.15) is 5.10 Å². The first kappa shape index (κ1) is 13.7. The fourth-order valence-electron chi connectivity index (χ4n) is 2.00. The molecule has 2 aromatic heterocycles. The van der Waals surface area contributed by atoms with Gasteiger partial charge in [0.1, 0.15) is 5.69 Å². The fourth-order valence-corrected chi connectivity index (χ4v) is 3.31. The number of hydrogen-bond donors (Lipinski definition) is 1. The van der Waals surface area contributed by atoms with Gasteiger partial charge >= 0.3 is 0 Å². The van der Waals surface area contributed by atoms with Gasteiger partial charge in [0.25, 0.3) is 0 Å². The highest BCUT2D eigenvalue weighted by Crippen LogP contribution is 2.31. The Morgan fingerprint density at radius 1 is 1.35 bits per heavy atom. The smallest absolute Gasteiger partial charge is 0.116 e. The Balaban J connectivity index is 1.89. The standard InChI is InChI=1S/C14H11BrClN3S/c15-11-3-1-2-9(4-11)6-19-7-12(17)14(18-19)10-5-13(16)20-8-10/h1-5,7-8H,6,17H2. The number of benzene rings is 1. The third-order valence-corrected chi connectivity index (χ3v) is 4.45. The summed E-state index contributed by atoms with van der Waals surface area (Å²) in [7, 11) is 0. The third-order valence-electron chi connectivity index (χ3n) is 2.86. The lowest BCUT2D eigenvalue weighted by Crippen LogP contribution is -2.00. The van der Waals surface area contributed by atoms with Crippen molar-refractivity contribution in [2.24, 2.45) is 0 Å². The minimum atomic E-state index is 0.662. The van der Waals surface area contributed by atoms with E-state index in [1.165, 1.54) is 11.3 Å². The predicted molar refractivity (Wildman–Crippen MR) is 88.2 cm³/mol. The van der Waals surface area contributed by atoms with Crippen LogP contribution in [0.25, 0.3) is 11.3 Å². The van der Waals surface area contributed by atoms with E-state index < -0.39 is 0 Å². The summed E-state index contributed by atoms with van der Waals surface area (Å²) in [6.45, 7) is 0.682. The van der Waals surface area contributed by atoms with E-state index in [9.17, 15) is 0 Å². The fraction of sp³-hybridized carbons (Fsp3) is 0.0714. The number of nitrogens with two attached hydrogens (primary N) is 1. The normalized spacial score (nSPS) is 10.9. The molecule has 0 fully saturated rings. The van der Waals surface area contributed by atoms with Crippen LogP contribution in [0.5, 0.6) is 0 Å². The van der Waals surface area contributed by atoms with E-state index in [2.05, 4.69) is 33.2 Å². The second-order valence-corrected chi connectivity index (χ2v) is 6.86. The van der Waals surface area contributed by atoms with Crippen LogP contribution in [0.3, 0.4) is 0 Å². The molecule has 0 bridgehead atoms. The SMILES string of the molecule is Nc1cn(Cc2cccc(Br)c2)nc1-c1csc(Cl)c1. The average molecular weight is 369 g/mol. The van der Waals surface area contributed by atoms with Crippen LogP contribution in [-0.4, -0.2) is 9.78 Å². The molecule has 0 aliphatic carbocycles. The Bertz CT molecular complexity index is 750. The Kier molecular flexibility index (Phi) is 3.83. The maximum atomic E-state index is 6.04. The first-order chi connectivity index (χ1) is 9.61. The van der Waals surface area contributed by atoms with Crippen molar-refractivity contribution in [3.8, 4) is 11.3 Å². The topological polar surface area (TPSA) is 43.8 Å². The van der Waals surface area contributed by atoms with Crippen LogP contribution in [0.15, 0.2) is 46.4 Å². The molecule has 0 saturated heterocycles. The summed E-state index contributed by atoms with van der Waals surface area (Å²) in [5.74, 6) is 0. The van der Waals surface area contributed by atoms with E-state index in [0.717, 1.165) is 25.6 Å². The molecule has 0 saturated carbocycles. The van der Waals surface area contributed by atoms with Gasteiger partial charge in [-0.3, -0.25) is 4.68 Å². The van der Waals surface area contributed by atoms with Crippen LogP contribution < -0.4 is 5.73 Å². The molecule has 20 heavy (non-hydrogen) atoms. The third kappa shape index (κ3) is 2.90. The largest absolute Gasteiger partial charge is 0.396 e. The van der Waals surface area contributed by atoms with Gasteiger partial charge in [-0.1, -0.05) is 39.7 Å². The van der Waals surface area contributed by atoms with E-state index in [-0.39, 0.29) is 0 Å². The van der Waals surface area contributed by atoms with Crippen LogP contribution in [0.1, 0.15) is 5.56 Å². The lowest BCUT2D eigenvalue weighted by molar-refractivity contribution is 0.689. The molecule has 0 atom stereocenters. The summed E-state index contributed by atoms with van der Waals surface area (Å²) in [5, 5.41) is 6.51. The summed E-state index contributed by atoms with van der Waals surface area (Å²) in [4.78, 5) is 0. The Hall–Kier alpha value is -1.30. The lowest BCUT2D eigenvalue weighted by atomic mass is 10.2. The molecule has 2 N–H and O–H groups in total. The maximum absolute atomic E-state index is 6.04. The summed E-state index contributed by atoms with van der Waals surface area (Å²) < 4.78 is 3.64. The molecule has 0 aliphatic heterocycles. The van der Waals surface area contributed by atoms with Crippen molar-refractivity contribution < 1.29 is 0 Å². The highest BCUT2D eigenvalue weighted by Gasteiger charge is 2.10. The van der Waals surface area contributed by atoms with Crippen molar-refractivity contribution in [3.05, 3.63) is 56.3 Å². The number of nitrogen functional groups attached to an aromatic ring is 1. The van der Waals surface area contributed by atoms with Gasteiger partial charge in [-0.15, -0.1) is 11.3 Å². The number of halogens is 2. The van der Waals surface area contributed by atoms with Crippen molar-refractivity contribution in [1.82, 2.24) is 9.78 Å². The maximum Gasteiger partial charge on any atom is 0.116 e. The molecule has 0 unspecified atom stereocenters. The molecule has 102 valence electrons. The second-order valence-electron chi connectivity index (χ2n) is 4.40. The molecule has 0 aliphatic rings. The highest BCUT2D eigenvalue weighted by molar-refractivity contribution is 9.10. The number of hydrogen-bond acceptors (Lipinski definition) is 3. The summed E-state index contributed by atoms with van der Waals surface area (Å²) >= 11 is 10.9. The second kappa shape index (κ2) is 5.60. The van der Waals surface area contributed by atoms with Gasteiger partial charge in [0.05, 0.1) is 16.6 Å². The average Bonchev–Trinajstić information content (AvgIpc) is 2.96. The predicted octanol–water partition coefficient (Wildman–Crippen LogP) is 4.66. The minimum Gasteiger partial charge on any atom is -0.396 e. The molecule has 2 heterocycles. The van der Waals surface area contributed by atoms with Gasteiger partial charge in [0, 0.05) is 21.6 Å². The summed E-state index contributed by atoms with van der Waals surface area (Å²) in [6.07, 6.45) is 1.85. The Labute approximate surface area is 134 Å². The Morgan fingerprint density at radius 2 is 2.20 bits per heavy atom. The van der Waals surface area contributed by atoms with Crippen molar-refractivity contribution in [2.45, 2.75) is 6.54 Å². The molecule has 0 amide bonds. The summed E-state index contributed by atoms with van der Waals surface area (Å²) in [6, 6.07) is 10.0. The zero-order valence-corrected chi connectivity index (χ0v) is 13.5. The van der Waals surface area contributed by atoms with E-state index in [0.29, 0.717) is 12.2 Å². The van der Waals surface area contributed by atoms with E-state index in [1.54, 1.807) is 0 Å². The monoisotopic (exact) mass is 367 g/mol. The van der Waals surface area contributed by atoms with E-state index >= 15 is 0 Å². The van der Waals surface area contributed by atoms with Crippen molar-refractivity contribution in [1.29, 1.82) is 0 Å². The van der Waals surface area contributed by atoms with Crippen LogP contribution in [-0.2, 0) is 6.54 Å². The van der Waals surface area contributed by atoms with Gasteiger partial charge in [0.2, 0.25) is 0 Å². The van der Waals surface area contributed by atoms with E-state index in [1.807, 2.05) is 34.5 Å². The van der Waals surface area contributed by atoms with Gasteiger partial charge in [0.15, 0.2) is 0 Å². The lowest BCUT2D eigenvalue weighted by Gasteiger charge is -2.02. The molecular formula is C14H11BrClN3S. The number of thiophene rings is 1. The van der Waals surface area contributed by atoms with Crippen LogP contribution in [0.2, 0.25) is 4.34 Å². The molecule has 3 rings (SSSR count). The quantitative estimate of drug-likeness (QED) is 0.731. The van der Waals surface area contributed by atoms with E-state index in [4.69, 9.17) is 17.3 Å². The van der Waals surface area contributed by atoms with Crippen LogP contribution in [0.4, 0.5) is 5.69 Å². The van der Waals surface area contributed by atoms with Crippen molar-refractivity contribution in [3.63, 3.8) is 0 Å².